The predicted octanol–water partition coefficient (Wildman–Crippen LogP) is 2.15. The summed E-state index contributed by atoms with van der Waals surface area (Å²) in [6.07, 6.45) is 3.34. The molecule has 178 valence electrons. The molecule has 0 atom stereocenters. The van der Waals surface area contributed by atoms with Gasteiger partial charge in [0.1, 0.15) is 11.3 Å². The molecule has 1 saturated carbocycles. The molecule has 1 fully saturated rings. The van der Waals surface area contributed by atoms with Crippen molar-refractivity contribution in [3.05, 3.63) is 39.8 Å². The van der Waals surface area contributed by atoms with Gasteiger partial charge in [-0.05, 0) is 43.4 Å². The first-order valence-corrected chi connectivity index (χ1v) is 14.2. The van der Waals surface area contributed by atoms with Gasteiger partial charge in [-0.15, -0.1) is 0 Å². The van der Waals surface area contributed by atoms with E-state index >= 15 is 0 Å². The second-order valence-corrected chi connectivity index (χ2v) is 12.7. The van der Waals surface area contributed by atoms with Gasteiger partial charge in [-0.3, -0.25) is 14.5 Å². The van der Waals surface area contributed by atoms with Gasteiger partial charge in [0.25, 0.3) is 5.56 Å². The number of aryl methyl sites for hydroxylation is 1. The van der Waals surface area contributed by atoms with E-state index < -0.39 is 31.2 Å². The number of aromatic nitrogens is 2. The Morgan fingerprint density at radius 3 is 2.58 bits per heavy atom. The van der Waals surface area contributed by atoms with Crippen LogP contribution in [0.3, 0.4) is 0 Å². The predicted molar refractivity (Wildman–Crippen MR) is 125 cm³/mol. The third kappa shape index (κ3) is 4.96. The number of rotatable bonds is 7. The first-order chi connectivity index (χ1) is 15.4. The first kappa shape index (κ1) is 23.4. The maximum atomic E-state index is 13.2. The lowest BCUT2D eigenvalue weighted by Crippen LogP contribution is -2.33. The van der Waals surface area contributed by atoms with E-state index in [4.69, 9.17) is 0 Å². The third-order valence-electron chi connectivity index (χ3n) is 5.51. The smallest absolute Gasteiger partial charge is 0.279 e. The summed E-state index contributed by atoms with van der Waals surface area (Å²) in [7, 11) is -7.55. The van der Waals surface area contributed by atoms with E-state index in [0.29, 0.717) is 24.6 Å². The Balaban J connectivity index is 1.85. The van der Waals surface area contributed by atoms with E-state index in [0.717, 1.165) is 19.1 Å². The molecule has 0 amide bonds. The number of sulfone groups is 1. The average Bonchev–Trinajstić information content (AvgIpc) is 3.51. The van der Waals surface area contributed by atoms with Crippen molar-refractivity contribution >= 4 is 36.9 Å². The Morgan fingerprint density at radius 2 is 1.97 bits per heavy atom. The fourth-order valence-electron chi connectivity index (χ4n) is 3.70. The fraction of sp³-hybridized carbons (Fsp3) is 0.476. The van der Waals surface area contributed by atoms with Crippen molar-refractivity contribution in [2.24, 2.45) is 10.9 Å². The molecule has 1 aliphatic carbocycles. The lowest BCUT2D eigenvalue weighted by molar-refractivity contribution is 0.429. The molecule has 2 aromatic rings. The lowest BCUT2D eigenvalue weighted by atomic mass is 10.1. The minimum absolute atomic E-state index is 0.0346. The van der Waals surface area contributed by atoms with Crippen molar-refractivity contribution in [3.63, 3.8) is 0 Å². The van der Waals surface area contributed by atoms with Crippen LogP contribution in [0, 0.1) is 5.92 Å². The lowest BCUT2D eigenvalue weighted by Gasteiger charge is -2.19. The zero-order valence-electron chi connectivity index (χ0n) is 18.6. The fourth-order valence-corrected chi connectivity index (χ4v) is 5.72. The molecule has 12 heteroatoms. The Hall–Kier alpha value is -2.73. The topological polar surface area (TPSA) is 148 Å². The number of aliphatic imine (C=N–C) groups is 1. The van der Waals surface area contributed by atoms with Gasteiger partial charge >= 0.3 is 0 Å². The van der Waals surface area contributed by atoms with Gasteiger partial charge in [-0.25, -0.2) is 21.5 Å². The SMILES string of the molecule is CC(C)CCn1nc(C2CC2)c(O)c(C2=Nc3ccc(NS(C)(=O)=O)cc3S(=O)(=O)C2)c1=O. The van der Waals surface area contributed by atoms with Gasteiger partial charge in [-0.1, -0.05) is 13.8 Å². The number of hydrogen-bond donors (Lipinski definition) is 2. The second-order valence-electron chi connectivity index (χ2n) is 8.97. The molecule has 0 saturated heterocycles. The maximum Gasteiger partial charge on any atom is 0.279 e. The largest absolute Gasteiger partial charge is 0.505 e. The number of hydrogen-bond acceptors (Lipinski definition) is 8. The molecule has 1 aliphatic heterocycles. The van der Waals surface area contributed by atoms with Crippen LogP contribution in [0.2, 0.25) is 0 Å². The van der Waals surface area contributed by atoms with E-state index in [2.05, 4.69) is 14.8 Å². The Morgan fingerprint density at radius 1 is 1.27 bits per heavy atom. The number of fused-ring (bicyclic) bond motifs is 1. The van der Waals surface area contributed by atoms with Gasteiger partial charge in [0.2, 0.25) is 10.0 Å². The van der Waals surface area contributed by atoms with Crippen LogP contribution >= 0.6 is 0 Å². The summed E-state index contributed by atoms with van der Waals surface area (Å²) in [6, 6.07) is 3.97. The van der Waals surface area contributed by atoms with E-state index in [-0.39, 0.29) is 39.2 Å². The third-order valence-corrected chi connectivity index (χ3v) is 7.76. The summed E-state index contributed by atoms with van der Waals surface area (Å²) in [6.45, 7) is 4.40. The number of anilines is 1. The van der Waals surface area contributed by atoms with Crippen LogP contribution in [0.15, 0.2) is 32.9 Å². The van der Waals surface area contributed by atoms with Crippen molar-refractivity contribution in [1.82, 2.24) is 9.78 Å². The van der Waals surface area contributed by atoms with Gasteiger partial charge in [0, 0.05) is 18.2 Å². The Kier molecular flexibility index (Phi) is 5.85. The highest BCUT2D eigenvalue weighted by molar-refractivity contribution is 7.92. The summed E-state index contributed by atoms with van der Waals surface area (Å²) in [4.78, 5) is 17.5. The van der Waals surface area contributed by atoms with E-state index in [1.807, 2.05) is 13.8 Å². The summed E-state index contributed by atoms with van der Waals surface area (Å²) in [5, 5.41) is 15.3. The zero-order valence-corrected chi connectivity index (χ0v) is 20.2. The van der Waals surface area contributed by atoms with Crippen LogP contribution in [0.5, 0.6) is 5.75 Å². The average molecular weight is 495 g/mol. The summed E-state index contributed by atoms with van der Waals surface area (Å²) in [5.74, 6) is -0.540. The highest BCUT2D eigenvalue weighted by Gasteiger charge is 2.35. The maximum absolute atomic E-state index is 13.2. The van der Waals surface area contributed by atoms with Crippen molar-refractivity contribution < 1.29 is 21.9 Å². The van der Waals surface area contributed by atoms with Gasteiger partial charge in [0.05, 0.1) is 28.3 Å². The molecule has 0 unspecified atom stereocenters. The number of nitrogens with zero attached hydrogens (tertiary/aromatic N) is 3. The zero-order chi connectivity index (χ0) is 24.1. The van der Waals surface area contributed by atoms with Crippen LogP contribution in [0.4, 0.5) is 11.4 Å². The molecule has 0 bridgehead atoms. The Labute approximate surface area is 192 Å². The number of benzene rings is 1. The van der Waals surface area contributed by atoms with Gasteiger partial charge in [-0.2, -0.15) is 5.10 Å². The van der Waals surface area contributed by atoms with Crippen LogP contribution in [0.1, 0.15) is 50.3 Å². The number of aromatic hydroxyl groups is 1. The quantitative estimate of drug-likeness (QED) is 0.599. The minimum atomic E-state index is -3.95. The number of nitrogens with one attached hydrogen (secondary N) is 1. The van der Waals surface area contributed by atoms with Crippen LogP contribution < -0.4 is 10.3 Å². The standard InChI is InChI=1S/C21H26N4O6S2/c1-12(2)8-9-25-21(27)18(20(26)19(23-25)13-4-5-13)16-11-33(30,31)17-10-14(24-32(3,28)29)6-7-15(17)22-16/h6-7,10,12-13,24,26H,4-5,8-9,11H2,1-3H3. The van der Waals surface area contributed by atoms with Gasteiger partial charge < -0.3 is 5.11 Å². The number of sulfonamides is 1. The normalized spacial score (nSPS) is 17.5. The molecule has 2 N–H and O–H groups in total. The first-order valence-electron chi connectivity index (χ1n) is 10.6. The van der Waals surface area contributed by atoms with Crippen LogP contribution in [-0.2, 0) is 26.4 Å². The van der Waals surface area contributed by atoms with Crippen LogP contribution in [-0.4, -0.2) is 49.4 Å². The molecule has 1 aromatic carbocycles. The van der Waals surface area contributed by atoms with E-state index in [1.165, 1.54) is 22.9 Å². The minimum Gasteiger partial charge on any atom is -0.505 e. The van der Waals surface area contributed by atoms with E-state index in [9.17, 15) is 26.7 Å². The van der Waals surface area contributed by atoms with Crippen molar-refractivity contribution in [3.8, 4) is 5.75 Å². The molecular formula is C21H26N4O6S2. The highest BCUT2D eigenvalue weighted by atomic mass is 32.2. The Bertz CT molecular complexity index is 1420. The molecule has 0 spiro atoms. The second kappa shape index (κ2) is 8.24. The summed E-state index contributed by atoms with van der Waals surface area (Å²) < 4.78 is 52.7. The van der Waals surface area contributed by atoms with E-state index in [1.54, 1.807) is 0 Å². The van der Waals surface area contributed by atoms with Crippen molar-refractivity contribution in [2.75, 3.05) is 16.7 Å². The molecule has 0 radical (unpaired) electrons. The molecule has 10 nitrogen and oxygen atoms in total. The molecule has 1 aromatic heterocycles. The molecule has 4 rings (SSSR count). The molecular weight excluding hydrogens is 468 g/mol. The monoisotopic (exact) mass is 494 g/mol. The molecule has 33 heavy (non-hydrogen) atoms. The van der Waals surface area contributed by atoms with Gasteiger partial charge in [0.15, 0.2) is 15.6 Å². The van der Waals surface area contributed by atoms with Crippen molar-refractivity contribution in [2.45, 2.75) is 50.5 Å². The van der Waals surface area contributed by atoms with Crippen LogP contribution in [0.25, 0.3) is 0 Å². The molecule has 2 heterocycles. The molecule has 2 aliphatic rings. The summed E-state index contributed by atoms with van der Waals surface area (Å²) >= 11 is 0. The highest BCUT2D eigenvalue weighted by Crippen LogP contribution is 2.44. The summed E-state index contributed by atoms with van der Waals surface area (Å²) in [5.41, 5.74) is -0.193. The van der Waals surface area contributed by atoms with Crippen molar-refractivity contribution in [1.29, 1.82) is 0 Å².